The number of carboxylic acids is 1. The van der Waals surface area contributed by atoms with E-state index in [1.54, 1.807) is 0 Å². The maximum absolute atomic E-state index is 11.0. The van der Waals surface area contributed by atoms with Crippen LogP contribution in [-0.2, 0) is 11.2 Å². The highest BCUT2D eigenvalue weighted by Gasteiger charge is 2.22. The third kappa shape index (κ3) is 2.92. The SMILES string of the molecule is CN1c2ccccc2Oc2cc3nc4cc(CC(N)C(=O)O)ccc4nc3cc21. The van der Waals surface area contributed by atoms with Crippen LogP contribution in [0.2, 0.25) is 0 Å². The summed E-state index contributed by atoms with van der Waals surface area (Å²) in [6.07, 6.45) is 0.236. The molecule has 0 saturated heterocycles. The molecule has 144 valence electrons. The van der Waals surface area contributed by atoms with E-state index >= 15 is 0 Å². The fraction of sp³-hybridized carbons (Fsp3) is 0.136. The van der Waals surface area contributed by atoms with Gasteiger partial charge >= 0.3 is 5.97 Å². The molecule has 0 fully saturated rings. The molecule has 3 aromatic carbocycles. The molecule has 7 nitrogen and oxygen atoms in total. The van der Waals surface area contributed by atoms with Crippen LogP contribution in [0.3, 0.4) is 0 Å². The molecule has 1 unspecified atom stereocenters. The number of para-hydroxylation sites is 2. The number of carbonyl (C=O) groups is 1. The lowest BCUT2D eigenvalue weighted by molar-refractivity contribution is -0.138. The molecule has 5 rings (SSSR count). The van der Waals surface area contributed by atoms with E-state index in [4.69, 9.17) is 25.5 Å². The average molecular weight is 386 g/mol. The molecular weight excluding hydrogens is 368 g/mol. The van der Waals surface area contributed by atoms with E-state index in [2.05, 4.69) is 4.90 Å². The molecule has 1 aliphatic rings. The zero-order valence-electron chi connectivity index (χ0n) is 15.7. The van der Waals surface area contributed by atoms with Gasteiger partial charge in [-0.1, -0.05) is 18.2 Å². The molecule has 1 aromatic heterocycles. The standard InChI is InChI=1S/C22H18N4O3/c1-26-18-4-2-3-5-20(18)29-21-11-17-16(10-19(21)26)24-14-7-6-12(9-15(14)25-17)8-13(23)22(27)28/h2-7,9-11,13H,8,23H2,1H3,(H,27,28). The van der Waals surface area contributed by atoms with Crippen molar-refractivity contribution in [1.82, 2.24) is 9.97 Å². The summed E-state index contributed by atoms with van der Waals surface area (Å²) in [5.41, 5.74) is 11.3. The largest absolute Gasteiger partial charge is 0.480 e. The number of ether oxygens (including phenoxy) is 1. The highest BCUT2D eigenvalue weighted by atomic mass is 16.5. The van der Waals surface area contributed by atoms with Gasteiger partial charge in [-0.3, -0.25) is 4.79 Å². The number of fused-ring (bicyclic) bond motifs is 4. The van der Waals surface area contributed by atoms with Crippen LogP contribution in [0.5, 0.6) is 11.5 Å². The van der Waals surface area contributed by atoms with Gasteiger partial charge in [0, 0.05) is 13.1 Å². The maximum atomic E-state index is 11.0. The summed E-state index contributed by atoms with van der Waals surface area (Å²) in [7, 11) is 2.00. The number of nitrogens with two attached hydrogens (primary N) is 1. The van der Waals surface area contributed by atoms with Crippen LogP contribution >= 0.6 is 0 Å². The molecule has 29 heavy (non-hydrogen) atoms. The Morgan fingerprint density at radius 1 is 1.00 bits per heavy atom. The van der Waals surface area contributed by atoms with E-state index in [9.17, 15) is 4.79 Å². The summed E-state index contributed by atoms with van der Waals surface area (Å²) in [5, 5.41) is 9.03. The molecule has 0 bridgehead atoms. The predicted molar refractivity (Wildman–Crippen MR) is 111 cm³/mol. The van der Waals surface area contributed by atoms with Gasteiger partial charge in [0.1, 0.15) is 6.04 Å². The van der Waals surface area contributed by atoms with Gasteiger partial charge in [0.15, 0.2) is 11.5 Å². The minimum absolute atomic E-state index is 0.236. The van der Waals surface area contributed by atoms with E-state index in [0.717, 1.165) is 39.5 Å². The Kier molecular flexibility index (Phi) is 3.85. The summed E-state index contributed by atoms with van der Waals surface area (Å²) in [6, 6.07) is 16.3. The summed E-state index contributed by atoms with van der Waals surface area (Å²) in [5.74, 6) is 0.486. The molecule has 4 aromatic rings. The maximum Gasteiger partial charge on any atom is 0.320 e. The van der Waals surface area contributed by atoms with Gasteiger partial charge in [-0.05, 0) is 42.3 Å². The number of aromatic nitrogens is 2. The molecule has 0 saturated carbocycles. The van der Waals surface area contributed by atoms with E-state index in [1.807, 2.05) is 61.6 Å². The van der Waals surface area contributed by atoms with Crippen molar-refractivity contribution in [3.05, 3.63) is 60.2 Å². The van der Waals surface area contributed by atoms with Gasteiger partial charge in [0.05, 0.1) is 33.4 Å². The number of aliphatic carboxylic acids is 1. The Hall–Kier alpha value is -3.71. The van der Waals surface area contributed by atoms with Crippen LogP contribution in [0.4, 0.5) is 11.4 Å². The zero-order valence-corrected chi connectivity index (χ0v) is 15.7. The van der Waals surface area contributed by atoms with Crippen LogP contribution < -0.4 is 15.4 Å². The number of hydrogen-bond donors (Lipinski definition) is 2. The molecule has 0 aliphatic carbocycles. The first-order chi connectivity index (χ1) is 14.0. The van der Waals surface area contributed by atoms with Crippen molar-refractivity contribution in [2.75, 3.05) is 11.9 Å². The van der Waals surface area contributed by atoms with E-state index < -0.39 is 12.0 Å². The van der Waals surface area contributed by atoms with Crippen LogP contribution in [-0.4, -0.2) is 34.1 Å². The molecule has 1 aliphatic heterocycles. The lowest BCUT2D eigenvalue weighted by Crippen LogP contribution is -2.32. The molecule has 1 atom stereocenters. The number of carboxylic acid groups (broad SMARTS) is 1. The van der Waals surface area contributed by atoms with Crippen LogP contribution in [0.15, 0.2) is 54.6 Å². The lowest BCUT2D eigenvalue weighted by atomic mass is 10.1. The number of nitrogens with zero attached hydrogens (tertiary/aromatic N) is 3. The van der Waals surface area contributed by atoms with Crippen molar-refractivity contribution in [2.45, 2.75) is 12.5 Å². The van der Waals surface area contributed by atoms with Gasteiger partial charge in [-0.25, -0.2) is 9.97 Å². The summed E-state index contributed by atoms with van der Waals surface area (Å²) < 4.78 is 6.08. The molecule has 0 radical (unpaired) electrons. The summed E-state index contributed by atoms with van der Waals surface area (Å²) in [4.78, 5) is 22.6. The van der Waals surface area contributed by atoms with E-state index in [0.29, 0.717) is 11.0 Å². The Morgan fingerprint density at radius 3 is 2.55 bits per heavy atom. The fourth-order valence-corrected chi connectivity index (χ4v) is 3.62. The molecule has 0 spiro atoms. The van der Waals surface area contributed by atoms with Crippen LogP contribution in [0, 0.1) is 0 Å². The molecule has 3 N–H and O–H groups in total. The molecule has 2 heterocycles. The van der Waals surface area contributed by atoms with Gasteiger partial charge in [-0.15, -0.1) is 0 Å². The van der Waals surface area contributed by atoms with Gasteiger partial charge in [-0.2, -0.15) is 0 Å². The van der Waals surface area contributed by atoms with Crippen molar-refractivity contribution < 1.29 is 14.6 Å². The van der Waals surface area contributed by atoms with Crippen molar-refractivity contribution in [2.24, 2.45) is 5.73 Å². The Labute approximate surface area is 166 Å². The third-order valence-corrected chi connectivity index (χ3v) is 5.16. The van der Waals surface area contributed by atoms with Crippen molar-refractivity contribution in [1.29, 1.82) is 0 Å². The quantitative estimate of drug-likeness (QED) is 0.519. The van der Waals surface area contributed by atoms with Crippen molar-refractivity contribution >= 4 is 39.4 Å². The predicted octanol–water partition coefficient (Wildman–Crippen LogP) is 3.61. The Bertz CT molecular complexity index is 1290. The molecule has 0 amide bonds. The van der Waals surface area contributed by atoms with E-state index in [-0.39, 0.29) is 6.42 Å². The number of rotatable bonds is 3. The van der Waals surface area contributed by atoms with Gasteiger partial charge < -0.3 is 20.5 Å². The monoisotopic (exact) mass is 386 g/mol. The number of anilines is 2. The first-order valence-corrected chi connectivity index (χ1v) is 9.23. The highest BCUT2D eigenvalue weighted by molar-refractivity contribution is 5.92. The second-order valence-electron chi connectivity index (χ2n) is 7.13. The number of hydrogen-bond acceptors (Lipinski definition) is 6. The van der Waals surface area contributed by atoms with Crippen molar-refractivity contribution in [3.8, 4) is 11.5 Å². The normalized spacial score (nSPS) is 13.7. The first-order valence-electron chi connectivity index (χ1n) is 9.23. The van der Waals surface area contributed by atoms with Gasteiger partial charge in [0.2, 0.25) is 0 Å². The van der Waals surface area contributed by atoms with Crippen LogP contribution in [0.25, 0.3) is 22.1 Å². The van der Waals surface area contributed by atoms with E-state index in [1.165, 1.54) is 0 Å². The smallest absolute Gasteiger partial charge is 0.320 e. The third-order valence-electron chi connectivity index (χ3n) is 5.16. The zero-order chi connectivity index (χ0) is 20.1. The highest BCUT2D eigenvalue weighted by Crippen LogP contribution is 2.46. The fourth-order valence-electron chi connectivity index (χ4n) is 3.62. The number of benzene rings is 3. The lowest BCUT2D eigenvalue weighted by Gasteiger charge is -2.29. The minimum Gasteiger partial charge on any atom is -0.480 e. The summed E-state index contributed by atoms with van der Waals surface area (Å²) in [6.45, 7) is 0. The van der Waals surface area contributed by atoms with Crippen LogP contribution in [0.1, 0.15) is 5.56 Å². The Morgan fingerprint density at radius 2 is 1.72 bits per heavy atom. The summed E-state index contributed by atoms with van der Waals surface area (Å²) >= 11 is 0. The molecule has 7 heteroatoms. The topological polar surface area (TPSA) is 102 Å². The van der Waals surface area contributed by atoms with Gasteiger partial charge in [0.25, 0.3) is 0 Å². The van der Waals surface area contributed by atoms with Crippen molar-refractivity contribution in [3.63, 3.8) is 0 Å². The molecular formula is C22H18N4O3. The average Bonchev–Trinajstić information content (AvgIpc) is 2.71. The Balaban J connectivity index is 1.60. The first kappa shape index (κ1) is 17.4. The second kappa shape index (κ2) is 6.42. The second-order valence-corrected chi connectivity index (χ2v) is 7.13. The minimum atomic E-state index is -1.03.